The van der Waals surface area contributed by atoms with Gasteiger partial charge in [0.05, 0.1) is 16.6 Å². The molecule has 1 aliphatic heterocycles. The molecule has 1 unspecified atom stereocenters. The van der Waals surface area contributed by atoms with Gasteiger partial charge in [0.1, 0.15) is 11.7 Å². The number of hydrogen-bond donors (Lipinski definition) is 3. The number of amides is 3. The molecule has 6 rings (SSSR count). The van der Waals surface area contributed by atoms with E-state index in [2.05, 4.69) is 25.6 Å². The first-order valence-corrected chi connectivity index (χ1v) is 13.8. The molecule has 4 N–H and O–H groups in total. The number of benzene rings is 3. The molecule has 0 spiro atoms. The summed E-state index contributed by atoms with van der Waals surface area (Å²) in [6.45, 7) is 5.63. The van der Waals surface area contributed by atoms with E-state index in [0.29, 0.717) is 33.6 Å². The van der Waals surface area contributed by atoms with Crippen molar-refractivity contribution >= 4 is 23.0 Å². The number of aromatic amines is 1. The largest absolute Gasteiger partial charge is 0.416 e. The van der Waals surface area contributed by atoms with Crippen molar-refractivity contribution in [1.29, 1.82) is 0 Å². The van der Waals surface area contributed by atoms with Crippen LogP contribution in [0, 0.1) is 0 Å². The molecule has 0 aliphatic carbocycles. The summed E-state index contributed by atoms with van der Waals surface area (Å²) in [6, 6.07) is 13.8. The van der Waals surface area contributed by atoms with Gasteiger partial charge in [-0.1, -0.05) is 35.5 Å². The number of carbonyl (C=O) groups excluding carboxylic acids is 2. The van der Waals surface area contributed by atoms with Gasteiger partial charge in [0.25, 0.3) is 0 Å². The Labute approximate surface area is 249 Å². The van der Waals surface area contributed by atoms with Crippen molar-refractivity contribution in [2.75, 3.05) is 6.54 Å². The fourth-order valence-electron chi connectivity index (χ4n) is 5.61. The second-order valence-corrected chi connectivity index (χ2v) is 11.6. The summed E-state index contributed by atoms with van der Waals surface area (Å²) in [5.41, 5.74) is 7.96. The van der Waals surface area contributed by atoms with Gasteiger partial charge in [-0.15, -0.1) is 0 Å². The highest BCUT2D eigenvalue weighted by Gasteiger charge is 2.41. The molecule has 2 aromatic heterocycles. The first-order valence-electron chi connectivity index (χ1n) is 13.8. The summed E-state index contributed by atoms with van der Waals surface area (Å²) in [5, 5.41) is 11.3. The van der Waals surface area contributed by atoms with E-state index < -0.39 is 35.3 Å². The van der Waals surface area contributed by atoms with Gasteiger partial charge in [-0.25, -0.2) is 14.4 Å². The molecule has 13 heteroatoms. The summed E-state index contributed by atoms with van der Waals surface area (Å²) < 4.78 is 46.2. The summed E-state index contributed by atoms with van der Waals surface area (Å²) in [4.78, 5) is 36.0. The molecule has 1 atom stereocenters. The third-order valence-electron chi connectivity index (χ3n) is 7.44. The van der Waals surface area contributed by atoms with Crippen LogP contribution in [-0.4, -0.2) is 49.2 Å². The molecule has 0 fully saturated rings. The van der Waals surface area contributed by atoms with E-state index in [1.165, 1.54) is 17.0 Å². The molecule has 3 aromatic carbocycles. The Morgan fingerprint density at radius 2 is 1.82 bits per heavy atom. The highest BCUT2D eigenvalue weighted by Crippen LogP contribution is 2.44. The molecule has 0 bridgehead atoms. The molecule has 0 radical (unpaired) electrons. The molecule has 3 amide bonds. The third kappa shape index (κ3) is 5.25. The zero-order chi connectivity index (χ0) is 31.4. The zero-order valence-corrected chi connectivity index (χ0v) is 24.0. The number of primary amides is 1. The van der Waals surface area contributed by atoms with Crippen LogP contribution < -0.4 is 11.1 Å². The van der Waals surface area contributed by atoms with Crippen LogP contribution in [0.1, 0.15) is 59.6 Å². The molecule has 1 aliphatic rings. The number of alkyl halides is 3. The minimum Gasteiger partial charge on any atom is -0.366 e. The Morgan fingerprint density at radius 1 is 1.05 bits per heavy atom. The number of nitrogens with two attached hydrogens (primary N) is 1. The maximum Gasteiger partial charge on any atom is 0.416 e. The first kappa shape index (κ1) is 28.9. The number of hydrogen-bond acceptors (Lipinski definition) is 6. The SMILES string of the molecule is CC(C)(C)NC(=O)N1CCc2c(-c3cccc(C(F)(F)F)c3)ccc(C(N)=O)c2C1c1nonc1-c1nc2ccccc2[nH]1. The second kappa shape index (κ2) is 10.5. The maximum absolute atomic E-state index is 13.8. The van der Waals surface area contributed by atoms with Crippen LogP contribution in [0.5, 0.6) is 0 Å². The second-order valence-electron chi connectivity index (χ2n) is 11.6. The third-order valence-corrected chi connectivity index (χ3v) is 7.44. The molecule has 10 nitrogen and oxygen atoms in total. The Morgan fingerprint density at radius 3 is 2.52 bits per heavy atom. The number of rotatable bonds is 4. The van der Waals surface area contributed by atoms with Gasteiger partial charge in [-0.05, 0) is 84.9 Å². The average molecular weight is 604 g/mol. The summed E-state index contributed by atoms with van der Waals surface area (Å²) in [6.07, 6.45) is -4.33. The smallest absolute Gasteiger partial charge is 0.366 e. The van der Waals surface area contributed by atoms with Gasteiger partial charge in [-0.3, -0.25) is 4.79 Å². The Kier molecular flexibility index (Phi) is 6.90. The number of aromatic nitrogens is 4. The van der Waals surface area contributed by atoms with E-state index in [1.807, 2.05) is 45.0 Å². The summed E-state index contributed by atoms with van der Waals surface area (Å²) in [5.74, 6) is -0.456. The lowest BCUT2D eigenvalue weighted by atomic mass is 9.81. The number of fused-ring (bicyclic) bond motifs is 2. The molecular formula is C31H28F3N7O3. The van der Waals surface area contributed by atoms with E-state index in [1.54, 1.807) is 12.1 Å². The minimum atomic E-state index is -4.55. The Hall–Kier alpha value is -5.20. The highest BCUT2D eigenvalue weighted by molar-refractivity contribution is 5.97. The van der Waals surface area contributed by atoms with Crippen LogP contribution in [0.25, 0.3) is 33.7 Å². The molecule has 0 saturated heterocycles. The molecule has 226 valence electrons. The fourth-order valence-corrected chi connectivity index (χ4v) is 5.61. The van der Waals surface area contributed by atoms with Gasteiger partial charge in [-0.2, -0.15) is 13.2 Å². The van der Waals surface area contributed by atoms with Crippen molar-refractivity contribution in [2.24, 2.45) is 5.73 Å². The van der Waals surface area contributed by atoms with Crippen LogP contribution in [0.3, 0.4) is 0 Å². The fraction of sp³-hybridized carbons (Fsp3) is 0.258. The maximum atomic E-state index is 13.8. The topological polar surface area (TPSA) is 143 Å². The predicted octanol–water partition coefficient (Wildman–Crippen LogP) is 5.85. The van der Waals surface area contributed by atoms with Gasteiger partial charge in [0.15, 0.2) is 11.5 Å². The van der Waals surface area contributed by atoms with E-state index in [0.717, 1.165) is 17.6 Å². The molecule has 0 saturated carbocycles. The number of nitrogens with one attached hydrogen (secondary N) is 2. The molecule has 44 heavy (non-hydrogen) atoms. The normalized spacial score (nSPS) is 15.3. The summed E-state index contributed by atoms with van der Waals surface area (Å²) >= 11 is 0. The number of imidazole rings is 1. The standard InChI is InChI=1S/C31H28F3N7O3/c1-30(2,3)38-29(43)41-14-13-19-18(16-7-6-8-17(15-16)31(32,33)34)11-12-20(27(35)42)23(19)26(41)24-25(40-44-39-24)28-36-21-9-4-5-10-22(21)37-28/h4-12,15,26H,13-14H2,1-3H3,(H2,35,42)(H,36,37)(H,38,43). The van der Waals surface area contributed by atoms with Crippen molar-refractivity contribution < 1.29 is 27.4 Å². The first-order chi connectivity index (χ1) is 20.8. The van der Waals surface area contributed by atoms with Crippen molar-refractivity contribution in [1.82, 2.24) is 30.5 Å². The number of carbonyl (C=O) groups is 2. The van der Waals surface area contributed by atoms with Crippen molar-refractivity contribution in [3.63, 3.8) is 0 Å². The van der Waals surface area contributed by atoms with Gasteiger partial charge in [0.2, 0.25) is 5.91 Å². The molecular weight excluding hydrogens is 575 g/mol. The van der Waals surface area contributed by atoms with Crippen LogP contribution >= 0.6 is 0 Å². The van der Waals surface area contributed by atoms with E-state index in [4.69, 9.17) is 10.4 Å². The lowest BCUT2D eigenvalue weighted by Crippen LogP contribution is -2.52. The minimum absolute atomic E-state index is 0.0903. The van der Waals surface area contributed by atoms with Crippen LogP contribution in [-0.2, 0) is 12.6 Å². The highest BCUT2D eigenvalue weighted by atomic mass is 19.4. The Bertz CT molecular complexity index is 1870. The van der Waals surface area contributed by atoms with Crippen molar-refractivity contribution in [3.8, 4) is 22.6 Å². The van der Waals surface area contributed by atoms with Crippen LogP contribution in [0.2, 0.25) is 0 Å². The Balaban J connectivity index is 1.59. The number of halogens is 3. The quantitative estimate of drug-likeness (QED) is 0.235. The molecule has 3 heterocycles. The number of urea groups is 1. The van der Waals surface area contributed by atoms with E-state index in [9.17, 15) is 22.8 Å². The van der Waals surface area contributed by atoms with Crippen molar-refractivity contribution in [3.05, 3.63) is 88.6 Å². The molecule has 5 aromatic rings. The number of para-hydroxylation sites is 2. The summed E-state index contributed by atoms with van der Waals surface area (Å²) in [7, 11) is 0. The average Bonchev–Trinajstić information content (AvgIpc) is 3.61. The van der Waals surface area contributed by atoms with Crippen LogP contribution in [0.15, 0.2) is 65.3 Å². The monoisotopic (exact) mass is 603 g/mol. The van der Waals surface area contributed by atoms with Crippen molar-refractivity contribution in [2.45, 2.75) is 44.9 Å². The van der Waals surface area contributed by atoms with Gasteiger partial charge < -0.3 is 20.9 Å². The van der Waals surface area contributed by atoms with E-state index in [-0.39, 0.29) is 29.9 Å². The van der Waals surface area contributed by atoms with Gasteiger partial charge >= 0.3 is 12.2 Å². The van der Waals surface area contributed by atoms with Gasteiger partial charge in [0, 0.05) is 17.6 Å². The van der Waals surface area contributed by atoms with E-state index >= 15 is 0 Å². The lowest BCUT2D eigenvalue weighted by Gasteiger charge is -2.39. The lowest BCUT2D eigenvalue weighted by molar-refractivity contribution is -0.137. The number of H-pyrrole nitrogens is 1. The zero-order valence-electron chi connectivity index (χ0n) is 24.0. The predicted molar refractivity (Wildman–Crippen MR) is 155 cm³/mol. The number of nitrogens with zero attached hydrogens (tertiary/aromatic N) is 4. The van der Waals surface area contributed by atoms with Crippen LogP contribution in [0.4, 0.5) is 18.0 Å².